The van der Waals surface area contributed by atoms with Crippen LogP contribution >= 0.6 is 0 Å². The molecule has 94 valence electrons. The lowest BCUT2D eigenvalue weighted by Gasteiger charge is -2.05. The quantitative estimate of drug-likeness (QED) is 0.856. The van der Waals surface area contributed by atoms with Crippen molar-refractivity contribution in [1.29, 1.82) is 0 Å². The van der Waals surface area contributed by atoms with Crippen molar-refractivity contribution in [3.8, 4) is 0 Å². The topological polar surface area (TPSA) is 85.8 Å². The van der Waals surface area contributed by atoms with Gasteiger partial charge in [-0.2, -0.15) is 5.10 Å². The zero-order valence-corrected chi connectivity index (χ0v) is 10.3. The van der Waals surface area contributed by atoms with E-state index in [2.05, 4.69) is 15.4 Å². The maximum atomic E-state index is 12.0. The molecule has 2 rings (SSSR count). The largest absolute Gasteiger partial charge is 0.396 e. The van der Waals surface area contributed by atoms with Crippen molar-refractivity contribution in [3.63, 3.8) is 0 Å². The number of nitrogens with zero attached hydrogens (tertiary/aromatic N) is 3. The van der Waals surface area contributed by atoms with E-state index in [1.807, 2.05) is 19.9 Å². The third-order valence-electron chi connectivity index (χ3n) is 2.62. The summed E-state index contributed by atoms with van der Waals surface area (Å²) in [7, 11) is 0. The molecule has 0 atom stereocenters. The van der Waals surface area contributed by atoms with Crippen LogP contribution in [0.25, 0.3) is 0 Å². The molecule has 6 heteroatoms. The van der Waals surface area contributed by atoms with Crippen molar-refractivity contribution < 1.29 is 4.79 Å². The van der Waals surface area contributed by atoms with Crippen LogP contribution in [-0.4, -0.2) is 20.7 Å². The molecule has 0 unspecified atom stereocenters. The van der Waals surface area contributed by atoms with Gasteiger partial charge in [0.15, 0.2) is 5.69 Å². The van der Waals surface area contributed by atoms with Gasteiger partial charge in [0.05, 0.1) is 17.6 Å². The van der Waals surface area contributed by atoms with E-state index in [0.717, 1.165) is 5.56 Å². The molecule has 0 aliphatic carbocycles. The third kappa shape index (κ3) is 2.32. The van der Waals surface area contributed by atoms with Crippen LogP contribution in [0.1, 0.15) is 23.0 Å². The highest BCUT2D eigenvalue weighted by Crippen LogP contribution is 2.15. The van der Waals surface area contributed by atoms with E-state index in [1.54, 1.807) is 23.3 Å². The van der Waals surface area contributed by atoms with Gasteiger partial charge in [-0.05, 0) is 25.5 Å². The van der Waals surface area contributed by atoms with Gasteiger partial charge in [0, 0.05) is 18.9 Å². The smallest absolute Gasteiger partial charge is 0.278 e. The Bertz CT molecular complexity index is 576. The average Bonchev–Trinajstić information content (AvgIpc) is 2.73. The monoisotopic (exact) mass is 245 g/mol. The first-order valence-electron chi connectivity index (χ1n) is 5.66. The SMILES string of the molecule is CCn1cc(N)c(C(=O)Nc2cnccc2C)n1. The van der Waals surface area contributed by atoms with Gasteiger partial charge >= 0.3 is 0 Å². The molecule has 3 N–H and O–H groups in total. The van der Waals surface area contributed by atoms with Crippen molar-refractivity contribution in [1.82, 2.24) is 14.8 Å². The first kappa shape index (κ1) is 12.1. The summed E-state index contributed by atoms with van der Waals surface area (Å²) in [5.74, 6) is -0.323. The lowest BCUT2D eigenvalue weighted by atomic mass is 10.2. The normalized spacial score (nSPS) is 10.3. The maximum absolute atomic E-state index is 12.0. The number of nitrogens with two attached hydrogens (primary N) is 1. The number of hydrogen-bond donors (Lipinski definition) is 2. The first-order chi connectivity index (χ1) is 8.61. The van der Waals surface area contributed by atoms with Gasteiger partial charge < -0.3 is 11.1 Å². The Hall–Kier alpha value is -2.37. The molecule has 0 saturated heterocycles. The van der Waals surface area contributed by atoms with Gasteiger partial charge in [0.25, 0.3) is 5.91 Å². The van der Waals surface area contributed by atoms with Crippen molar-refractivity contribution in [3.05, 3.63) is 35.9 Å². The zero-order valence-electron chi connectivity index (χ0n) is 10.3. The molecule has 6 nitrogen and oxygen atoms in total. The number of pyridine rings is 1. The second kappa shape index (κ2) is 4.87. The Morgan fingerprint density at radius 3 is 2.94 bits per heavy atom. The van der Waals surface area contributed by atoms with Crippen molar-refractivity contribution in [2.24, 2.45) is 0 Å². The number of amides is 1. The molecule has 0 bridgehead atoms. The van der Waals surface area contributed by atoms with E-state index in [0.29, 0.717) is 17.9 Å². The zero-order chi connectivity index (χ0) is 13.1. The Kier molecular flexibility index (Phi) is 3.27. The molecule has 1 amide bonds. The minimum Gasteiger partial charge on any atom is -0.396 e. The third-order valence-corrected chi connectivity index (χ3v) is 2.62. The number of carbonyl (C=O) groups is 1. The predicted molar refractivity (Wildman–Crippen MR) is 69.2 cm³/mol. The molecular formula is C12H15N5O. The summed E-state index contributed by atoms with van der Waals surface area (Å²) in [5.41, 5.74) is 7.95. The fourth-order valence-corrected chi connectivity index (χ4v) is 1.55. The van der Waals surface area contributed by atoms with Crippen LogP contribution in [0.4, 0.5) is 11.4 Å². The number of nitrogen functional groups attached to an aromatic ring is 1. The van der Waals surface area contributed by atoms with Crippen LogP contribution in [0.15, 0.2) is 24.7 Å². The molecule has 0 spiro atoms. The highest BCUT2D eigenvalue weighted by atomic mass is 16.2. The van der Waals surface area contributed by atoms with Crippen LogP contribution in [0.3, 0.4) is 0 Å². The summed E-state index contributed by atoms with van der Waals surface area (Å²) in [6, 6.07) is 1.82. The average molecular weight is 245 g/mol. The van der Waals surface area contributed by atoms with Crippen LogP contribution < -0.4 is 11.1 Å². The number of aromatic nitrogens is 3. The molecule has 2 aromatic heterocycles. The number of carbonyl (C=O) groups excluding carboxylic acids is 1. The van der Waals surface area contributed by atoms with E-state index in [9.17, 15) is 4.79 Å². The second-order valence-electron chi connectivity index (χ2n) is 3.93. The fraction of sp³-hybridized carbons (Fsp3) is 0.250. The van der Waals surface area contributed by atoms with E-state index in [1.165, 1.54) is 0 Å². The van der Waals surface area contributed by atoms with Crippen molar-refractivity contribution in [2.45, 2.75) is 20.4 Å². The van der Waals surface area contributed by atoms with Crippen LogP contribution in [0.5, 0.6) is 0 Å². The Labute approximate surface area is 105 Å². The van der Waals surface area contributed by atoms with Gasteiger partial charge in [-0.15, -0.1) is 0 Å². The van der Waals surface area contributed by atoms with E-state index >= 15 is 0 Å². The van der Waals surface area contributed by atoms with Crippen molar-refractivity contribution >= 4 is 17.3 Å². The lowest BCUT2D eigenvalue weighted by Crippen LogP contribution is -2.15. The molecule has 2 aromatic rings. The van der Waals surface area contributed by atoms with Gasteiger partial charge in [-0.1, -0.05) is 0 Å². The summed E-state index contributed by atoms with van der Waals surface area (Å²) in [6.07, 6.45) is 4.91. The molecule has 0 aliphatic heterocycles. The molecule has 0 aromatic carbocycles. The minimum atomic E-state index is -0.323. The van der Waals surface area contributed by atoms with Gasteiger partial charge in [-0.3, -0.25) is 14.5 Å². The molecule has 0 saturated carbocycles. The molecule has 2 heterocycles. The maximum Gasteiger partial charge on any atom is 0.278 e. The first-order valence-corrected chi connectivity index (χ1v) is 5.66. The summed E-state index contributed by atoms with van der Waals surface area (Å²) in [4.78, 5) is 16.0. The highest BCUT2D eigenvalue weighted by molar-refractivity contribution is 6.06. The van der Waals surface area contributed by atoms with Gasteiger partial charge in [0.2, 0.25) is 0 Å². The fourth-order valence-electron chi connectivity index (χ4n) is 1.55. The van der Waals surface area contributed by atoms with E-state index < -0.39 is 0 Å². The molecule has 0 fully saturated rings. The minimum absolute atomic E-state index is 0.236. The van der Waals surface area contributed by atoms with Crippen LogP contribution in [0.2, 0.25) is 0 Å². The van der Waals surface area contributed by atoms with E-state index in [-0.39, 0.29) is 11.6 Å². The highest BCUT2D eigenvalue weighted by Gasteiger charge is 2.15. The second-order valence-corrected chi connectivity index (χ2v) is 3.93. The number of nitrogens with one attached hydrogen (secondary N) is 1. The Balaban J connectivity index is 2.22. The molecule has 18 heavy (non-hydrogen) atoms. The Morgan fingerprint density at radius 1 is 1.56 bits per heavy atom. The predicted octanol–water partition coefficient (Wildman–Crippen LogP) is 1.44. The van der Waals surface area contributed by atoms with Crippen LogP contribution in [-0.2, 0) is 6.54 Å². The number of rotatable bonds is 3. The van der Waals surface area contributed by atoms with E-state index in [4.69, 9.17) is 5.73 Å². The molecule has 0 aliphatic rings. The summed E-state index contributed by atoms with van der Waals surface area (Å²) in [6.45, 7) is 4.49. The number of anilines is 2. The van der Waals surface area contributed by atoms with Crippen molar-refractivity contribution in [2.75, 3.05) is 11.1 Å². The summed E-state index contributed by atoms with van der Waals surface area (Å²) in [5, 5.41) is 6.86. The number of aryl methyl sites for hydroxylation is 2. The summed E-state index contributed by atoms with van der Waals surface area (Å²) >= 11 is 0. The summed E-state index contributed by atoms with van der Waals surface area (Å²) < 4.78 is 1.63. The van der Waals surface area contributed by atoms with Crippen LogP contribution in [0, 0.1) is 6.92 Å². The molecular weight excluding hydrogens is 230 g/mol. The lowest BCUT2D eigenvalue weighted by molar-refractivity contribution is 0.102. The standard InChI is InChI=1S/C12H15N5O/c1-3-17-7-9(13)11(16-17)12(18)15-10-6-14-5-4-8(10)2/h4-7H,3,13H2,1-2H3,(H,15,18). The number of hydrogen-bond acceptors (Lipinski definition) is 4. The van der Waals surface area contributed by atoms with Gasteiger partial charge in [-0.25, -0.2) is 0 Å². The Morgan fingerprint density at radius 2 is 2.33 bits per heavy atom. The molecule has 0 radical (unpaired) electrons. The van der Waals surface area contributed by atoms with Gasteiger partial charge in [0.1, 0.15) is 0 Å².